The summed E-state index contributed by atoms with van der Waals surface area (Å²) in [5, 5.41) is 41.4. The van der Waals surface area contributed by atoms with Crippen LogP contribution in [0.1, 0.15) is 177 Å². The van der Waals surface area contributed by atoms with Crippen molar-refractivity contribution in [2.45, 2.75) is 177 Å². The van der Waals surface area contributed by atoms with Crippen LogP contribution in [0.5, 0.6) is 0 Å². The van der Waals surface area contributed by atoms with E-state index < -0.39 is 0 Å². The van der Waals surface area contributed by atoms with Crippen LogP contribution in [0, 0.1) is 0 Å². The fourth-order valence-electron chi connectivity index (χ4n) is 8.51. The predicted molar refractivity (Wildman–Crippen MR) is 352 cm³/mol. The lowest BCUT2D eigenvalue weighted by molar-refractivity contribution is -0.123. The van der Waals surface area contributed by atoms with Gasteiger partial charge in [-0.1, -0.05) is 55.4 Å². The van der Waals surface area contributed by atoms with Crippen LogP contribution in [0.15, 0.2) is 0 Å². The monoisotopic (exact) mass is 1240 g/mol. The highest BCUT2D eigenvalue weighted by Gasteiger charge is 2.16. The molecule has 0 saturated heterocycles. The number of carbonyl (C=O) groups is 8. The number of rotatable bonds is 56. The summed E-state index contributed by atoms with van der Waals surface area (Å²) in [7, 11) is 4.11. The Morgan fingerprint density at radius 1 is 0.241 bits per heavy atom. The standard InChI is InChI=1S/C27H54N6O4.C19H40N4O4.C17H36N4O2/c1-5-14-28-24(34)10-20-32(21-11-25(35)29-15-6-2)18-9-19-33(22-12-26(36)30-16-7-3)23-13-27(37)31-17-8-4;1-3-8-20-18(26)6-12-22(13-7-19(27)21-9-4-2)10-5-11-23(14-16-24)15-17-25;1-5-10-18-16(22)8-14-21(13-7-12-20(3)4)15-9-17(23)19-11-6-2/h5-23H2,1-4H3,(H,28,34)(H,29,35)(H,30,36)(H,31,37);24-25H,3-17H2,1-2H3,(H,20,26)(H,21,27);5-15H2,1-4H3,(H,18,22)(H,19,23). The Kier molecular flexibility index (Phi) is 64.2. The van der Waals surface area contributed by atoms with E-state index in [1.807, 2.05) is 60.3 Å². The molecule has 0 heterocycles. The summed E-state index contributed by atoms with van der Waals surface area (Å²) in [6.07, 6.45) is 13.5. The van der Waals surface area contributed by atoms with E-state index in [1.165, 1.54) is 0 Å². The number of nitrogens with one attached hydrogen (secondary N) is 8. The van der Waals surface area contributed by atoms with E-state index in [2.05, 4.69) is 81.1 Å². The van der Waals surface area contributed by atoms with Crippen molar-refractivity contribution in [3.8, 4) is 0 Å². The van der Waals surface area contributed by atoms with E-state index in [1.54, 1.807) is 0 Å². The quantitative estimate of drug-likeness (QED) is 0.0419. The zero-order valence-electron chi connectivity index (χ0n) is 56.7. The van der Waals surface area contributed by atoms with E-state index in [0.29, 0.717) is 156 Å². The highest BCUT2D eigenvalue weighted by molar-refractivity contribution is 5.79. The van der Waals surface area contributed by atoms with Gasteiger partial charge in [-0.25, -0.2) is 0 Å². The van der Waals surface area contributed by atoms with Crippen molar-refractivity contribution in [2.75, 3.05) is 184 Å². The SMILES string of the molecule is CCCNC(=O)CCN(CCCN(C)C)CCC(=O)NCCC.CCCNC(=O)CCN(CCCN(CCC(=O)NCCC)CCC(=O)NCCC)CCC(=O)NCCC.CCCNC(=O)CCN(CCCN(CCO)CCO)CCC(=O)NCCC. The Morgan fingerprint density at radius 3 is 0.529 bits per heavy atom. The van der Waals surface area contributed by atoms with Crippen molar-refractivity contribution in [1.29, 1.82) is 0 Å². The first-order valence-electron chi connectivity index (χ1n) is 33.5. The first kappa shape index (κ1) is 86.6. The van der Waals surface area contributed by atoms with E-state index in [9.17, 15) is 38.4 Å². The van der Waals surface area contributed by atoms with Gasteiger partial charge in [-0.3, -0.25) is 43.3 Å². The van der Waals surface area contributed by atoms with Crippen LogP contribution in [-0.4, -0.2) is 271 Å². The van der Waals surface area contributed by atoms with Gasteiger partial charge in [0.2, 0.25) is 47.3 Å². The molecule has 0 aliphatic rings. The molecule has 0 aromatic heterocycles. The van der Waals surface area contributed by atoms with Gasteiger partial charge in [0.1, 0.15) is 0 Å². The molecule has 0 aromatic carbocycles. The van der Waals surface area contributed by atoms with Crippen molar-refractivity contribution in [3.63, 3.8) is 0 Å². The fourth-order valence-corrected chi connectivity index (χ4v) is 8.51. The van der Waals surface area contributed by atoms with Gasteiger partial charge in [-0.05, 0) is 124 Å². The second kappa shape index (κ2) is 64.4. The zero-order chi connectivity index (χ0) is 65.6. The molecule has 0 atom stereocenters. The van der Waals surface area contributed by atoms with Gasteiger partial charge in [0.05, 0.1) is 13.2 Å². The highest BCUT2D eigenvalue weighted by Crippen LogP contribution is 2.05. The molecule has 0 aliphatic heterocycles. The van der Waals surface area contributed by atoms with Gasteiger partial charge < -0.3 is 77.2 Å². The van der Waals surface area contributed by atoms with Crippen LogP contribution in [0.2, 0.25) is 0 Å². The topological polar surface area (TPSA) is 293 Å². The number of aliphatic hydroxyl groups is 2. The molecule has 24 heteroatoms. The maximum atomic E-state index is 12.1. The molecule has 8 amide bonds. The Bertz CT molecular complexity index is 1550. The summed E-state index contributed by atoms with van der Waals surface area (Å²) in [4.78, 5) is 109. The third kappa shape index (κ3) is 61.5. The number of aliphatic hydroxyl groups excluding tert-OH is 2. The van der Waals surface area contributed by atoms with E-state index >= 15 is 0 Å². The molecule has 0 unspecified atom stereocenters. The summed E-state index contributed by atoms with van der Waals surface area (Å²) in [5.74, 6) is 0.388. The number of carbonyl (C=O) groups excluding carboxylic acids is 8. The molecule has 87 heavy (non-hydrogen) atoms. The molecule has 0 radical (unpaired) electrons. The van der Waals surface area contributed by atoms with Crippen LogP contribution < -0.4 is 42.5 Å². The van der Waals surface area contributed by atoms with Crippen molar-refractivity contribution in [1.82, 2.24) is 71.9 Å². The molecule has 10 N–H and O–H groups in total. The third-order valence-corrected chi connectivity index (χ3v) is 13.6. The van der Waals surface area contributed by atoms with Gasteiger partial charge in [-0.2, -0.15) is 0 Å². The second-order valence-electron chi connectivity index (χ2n) is 22.3. The Balaban J connectivity index is -0.00000126. The molecule has 0 bridgehead atoms. The minimum absolute atomic E-state index is 0.0279. The van der Waals surface area contributed by atoms with Gasteiger partial charge in [0.15, 0.2) is 0 Å². The lowest BCUT2D eigenvalue weighted by atomic mass is 10.2. The van der Waals surface area contributed by atoms with E-state index in [4.69, 9.17) is 10.2 Å². The molecular formula is C63H130N14O10. The van der Waals surface area contributed by atoms with Crippen LogP contribution in [0.25, 0.3) is 0 Å². The van der Waals surface area contributed by atoms with Crippen LogP contribution >= 0.6 is 0 Å². The second-order valence-corrected chi connectivity index (χ2v) is 22.3. The molecule has 0 rings (SSSR count). The number of hydrogen-bond acceptors (Lipinski definition) is 16. The molecule has 0 saturated carbocycles. The Labute approximate surface area is 527 Å². The van der Waals surface area contributed by atoms with Crippen LogP contribution in [0.3, 0.4) is 0 Å². The maximum absolute atomic E-state index is 12.1. The Hall–Kier alpha value is -4.56. The summed E-state index contributed by atoms with van der Waals surface area (Å²) in [6.45, 7) is 33.0. The number of nitrogens with zero attached hydrogens (tertiary/aromatic N) is 6. The largest absolute Gasteiger partial charge is 0.395 e. The first-order chi connectivity index (χ1) is 41.9. The Morgan fingerprint density at radius 2 is 0.391 bits per heavy atom. The summed E-state index contributed by atoms with van der Waals surface area (Å²) >= 11 is 0. The summed E-state index contributed by atoms with van der Waals surface area (Å²) in [5.41, 5.74) is 0. The highest BCUT2D eigenvalue weighted by atomic mass is 16.3. The molecule has 24 nitrogen and oxygen atoms in total. The number of hydrogen-bond donors (Lipinski definition) is 10. The van der Waals surface area contributed by atoms with Crippen molar-refractivity contribution < 1.29 is 48.6 Å². The fraction of sp³-hybridized carbons (Fsp3) is 0.873. The lowest BCUT2D eigenvalue weighted by Crippen LogP contribution is -2.38. The average Bonchev–Trinajstić information content (AvgIpc) is 3.57. The molecule has 0 aliphatic carbocycles. The lowest BCUT2D eigenvalue weighted by Gasteiger charge is -2.25. The van der Waals surface area contributed by atoms with Crippen LogP contribution in [0.4, 0.5) is 0 Å². The molecule has 0 spiro atoms. The minimum Gasteiger partial charge on any atom is -0.395 e. The van der Waals surface area contributed by atoms with Gasteiger partial charge in [-0.15, -0.1) is 0 Å². The summed E-state index contributed by atoms with van der Waals surface area (Å²) in [6, 6.07) is 0. The van der Waals surface area contributed by atoms with E-state index in [0.717, 1.165) is 123 Å². The molecule has 0 fully saturated rings. The van der Waals surface area contributed by atoms with Crippen molar-refractivity contribution in [2.24, 2.45) is 0 Å². The van der Waals surface area contributed by atoms with E-state index in [-0.39, 0.29) is 60.5 Å². The molecule has 0 aromatic rings. The van der Waals surface area contributed by atoms with Gasteiger partial charge in [0, 0.05) is 169 Å². The van der Waals surface area contributed by atoms with Crippen molar-refractivity contribution in [3.05, 3.63) is 0 Å². The first-order valence-corrected chi connectivity index (χ1v) is 33.5. The molecule has 512 valence electrons. The van der Waals surface area contributed by atoms with Crippen LogP contribution in [-0.2, 0) is 38.4 Å². The number of amides is 8. The third-order valence-electron chi connectivity index (χ3n) is 13.6. The zero-order valence-corrected chi connectivity index (χ0v) is 56.7. The normalized spacial score (nSPS) is 11.1. The minimum atomic E-state index is 0.0279. The van der Waals surface area contributed by atoms with Gasteiger partial charge in [0.25, 0.3) is 0 Å². The predicted octanol–water partition coefficient (Wildman–Crippen LogP) is 2.52. The van der Waals surface area contributed by atoms with Crippen molar-refractivity contribution >= 4 is 47.3 Å². The smallest absolute Gasteiger partial charge is 0.221 e. The maximum Gasteiger partial charge on any atom is 0.221 e. The van der Waals surface area contributed by atoms with Gasteiger partial charge >= 0.3 is 0 Å². The average molecular weight is 1240 g/mol. The molecular weight excluding hydrogens is 1110 g/mol. The summed E-state index contributed by atoms with van der Waals surface area (Å²) < 4.78 is 0.